The molecule has 0 saturated carbocycles. The van der Waals surface area contributed by atoms with Crippen molar-refractivity contribution in [2.75, 3.05) is 13.2 Å². The van der Waals surface area contributed by atoms with Crippen LogP contribution in [0.4, 0.5) is 0 Å². The number of ether oxygens (including phenoxy) is 1. The van der Waals surface area contributed by atoms with Crippen molar-refractivity contribution in [1.29, 1.82) is 0 Å². The smallest absolute Gasteiger partial charge is 0.305 e. The van der Waals surface area contributed by atoms with E-state index in [0.717, 1.165) is 38.5 Å². The van der Waals surface area contributed by atoms with Crippen molar-refractivity contribution in [2.45, 2.75) is 443 Å². The minimum absolute atomic E-state index is 0.0242. The Morgan fingerprint density at radius 1 is 0.333 bits per heavy atom. The second kappa shape index (κ2) is 71.1. The zero-order chi connectivity index (χ0) is 58.5. The Kier molecular flexibility index (Phi) is 69.9. The highest BCUT2D eigenvalue weighted by molar-refractivity contribution is 5.76. The maximum atomic E-state index is 12.5. The van der Waals surface area contributed by atoms with Gasteiger partial charge < -0.3 is 20.3 Å². The number of hydrogen-bond donors (Lipinski definition) is 3. The van der Waals surface area contributed by atoms with Crippen LogP contribution in [-0.2, 0) is 14.3 Å². The largest absolute Gasteiger partial charge is 0.466 e. The molecular weight excluding hydrogens is 995 g/mol. The van der Waals surface area contributed by atoms with Gasteiger partial charge in [-0.3, -0.25) is 9.59 Å². The van der Waals surface area contributed by atoms with Crippen LogP contribution in [0.1, 0.15) is 431 Å². The molecule has 0 rings (SSSR count). The topological polar surface area (TPSA) is 95.9 Å². The standard InChI is InChI=1S/C75H147NO5/c1-3-5-7-9-11-13-15-17-19-20-37-40-43-47-51-55-59-63-67-73(78)72(71-77)76-74(79)68-64-60-56-52-48-44-41-38-35-33-31-29-27-25-23-21-22-24-26-28-30-32-34-36-39-42-46-50-54-58-62-66-70-81-75(80)69-65-61-57-53-49-45-18-16-14-12-10-8-6-4-2/h63,67,72-73,77-78H,3-62,64-66,68-71H2,1-2H3,(H,76,79)/b67-63+. The van der Waals surface area contributed by atoms with E-state index in [1.165, 1.54) is 366 Å². The molecule has 0 aliphatic rings. The Morgan fingerprint density at radius 3 is 0.840 bits per heavy atom. The molecule has 81 heavy (non-hydrogen) atoms. The number of aliphatic hydroxyl groups is 2. The number of rotatable bonds is 71. The summed E-state index contributed by atoms with van der Waals surface area (Å²) in [7, 11) is 0. The summed E-state index contributed by atoms with van der Waals surface area (Å²) in [5.41, 5.74) is 0. The first-order chi connectivity index (χ1) is 40.0. The first-order valence-corrected chi connectivity index (χ1v) is 37.5. The van der Waals surface area contributed by atoms with Gasteiger partial charge in [0.25, 0.3) is 0 Å². The number of allylic oxidation sites excluding steroid dienone is 1. The lowest BCUT2D eigenvalue weighted by Gasteiger charge is -2.20. The second-order valence-electron chi connectivity index (χ2n) is 26.0. The number of unbranched alkanes of at least 4 members (excludes halogenated alkanes) is 60. The van der Waals surface area contributed by atoms with Crippen molar-refractivity contribution >= 4 is 11.9 Å². The third-order valence-corrected chi connectivity index (χ3v) is 17.8. The lowest BCUT2D eigenvalue weighted by Crippen LogP contribution is -2.45. The number of aliphatic hydroxyl groups excluding tert-OH is 2. The van der Waals surface area contributed by atoms with Crippen LogP contribution in [-0.4, -0.2) is 47.4 Å². The fraction of sp³-hybridized carbons (Fsp3) is 0.947. The summed E-state index contributed by atoms with van der Waals surface area (Å²) in [6.07, 6.45) is 88.9. The van der Waals surface area contributed by atoms with Crippen LogP contribution < -0.4 is 5.32 Å². The Morgan fingerprint density at radius 2 is 0.568 bits per heavy atom. The molecule has 0 heterocycles. The number of nitrogens with one attached hydrogen (secondary N) is 1. The molecule has 0 aromatic heterocycles. The monoisotopic (exact) mass is 1140 g/mol. The molecular formula is C75H147NO5. The molecule has 0 bridgehead atoms. The fourth-order valence-electron chi connectivity index (χ4n) is 12.1. The third kappa shape index (κ3) is 67.6. The quantitative estimate of drug-likeness (QED) is 0.0320. The van der Waals surface area contributed by atoms with E-state index in [9.17, 15) is 19.8 Å². The van der Waals surface area contributed by atoms with Crippen LogP contribution in [0.2, 0.25) is 0 Å². The normalized spacial score (nSPS) is 12.5. The number of esters is 1. The van der Waals surface area contributed by atoms with Gasteiger partial charge in [-0.25, -0.2) is 0 Å². The van der Waals surface area contributed by atoms with Gasteiger partial charge in [0, 0.05) is 12.8 Å². The van der Waals surface area contributed by atoms with Gasteiger partial charge in [-0.1, -0.05) is 398 Å². The molecule has 0 aromatic rings. The summed E-state index contributed by atoms with van der Waals surface area (Å²) in [5.74, 6) is -0.0350. The Balaban J connectivity index is 3.33. The Hall–Kier alpha value is -1.40. The molecule has 1 amide bonds. The van der Waals surface area contributed by atoms with Crippen molar-refractivity contribution in [3.05, 3.63) is 12.2 Å². The Labute approximate surface area is 508 Å². The van der Waals surface area contributed by atoms with E-state index in [1.54, 1.807) is 6.08 Å². The number of carbonyl (C=O) groups is 2. The van der Waals surface area contributed by atoms with Crippen molar-refractivity contribution in [3.8, 4) is 0 Å². The average Bonchev–Trinajstić information content (AvgIpc) is 3.47. The van der Waals surface area contributed by atoms with E-state index in [2.05, 4.69) is 19.2 Å². The summed E-state index contributed by atoms with van der Waals surface area (Å²) < 4.78 is 5.50. The zero-order valence-electron chi connectivity index (χ0n) is 55.3. The molecule has 482 valence electrons. The molecule has 0 radical (unpaired) electrons. The maximum Gasteiger partial charge on any atom is 0.305 e. The summed E-state index contributed by atoms with van der Waals surface area (Å²) in [6.45, 7) is 4.96. The molecule has 0 fully saturated rings. The van der Waals surface area contributed by atoms with Gasteiger partial charge in [0.2, 0.25) is 5.91 Å². The van der Waals surface area contributed by atoms with Gasteiger partial charge in [-0.15, -0.1) is 0 Å². The van der Waals surface area contributed by atoms with Crippen LogP contribution in [0, 0.1) is 0 Å². The molecule has 0 saturated heterocycles. The summed E-state index contributed by atoms with van der Waals surface area (Å²) in [6, 6.07) is -0.624. The highest BCUT2D eigenvalue weighted by Crippen LogP contribution is 2.20. The fourth-order valence-corrected chi connectivity index (χ4v) is 12.1. The van der Waals surface area contributed by atoms with E-state index in [1.807, 2.05) is 6.08 Å². The zero-order valence-corrected chi connectivity index (χ0v) is 55.3. The van der Waals surface area contributed by atoms with Crippen LogP contribution in [0.3, 0.4) is 0 Å². The molecule has 2 unspecified atom stereocenters. The SMILES string of the molecule is CCCCCCCCCCCCCCCCCC/C=C/C(O)C(CO)NC(=O)CCCCCCCCCCCCCCCCCCCCCCCCCCCCCCCCCCOC(=O)CCCCCCCCCCCCCCCC. The van der Waals surface area contributed by atoms with E-state index in [-0.39, 0.29) is 18.5 Å². The van der Waals surface area contributed by atoms with E-state index >= 15 is 0 Å². The van der Waals surface area contributed by atoms with Gasteiger partial charge >= 0.3 is 5.97 Å². The predicted octanol–water partition coefficient (Wildman–Crippen LogP) is 24.3. The van der Waals surface area contributed by atoms with Crippen LogP contribution in [0.15, 0.2) is 12.2 Å². The molecule has 2 atom stereocenters. The van der Waals surface area contributed by atoms with Crippen LogP contribution >= 0.6 is 0 Å². The van der Waals surface area contributed by atoms with E-state index < -0.39 is 12.1 Å². The Bertz CT molecular complexity index is 1220. The number of hydrogen-bond acceptors (Lipinski definition) is 5. The molecule has 6 nitrogen and oxygen atoms in total. The molecule has 0 spiro atoms. The van der Waals surface area contributed by atoms with Crippen molar-refractivity contribution in [1.82, 2.24) is 5.32 Å². The first kappa shape index (κ1) is 79.6. The average molecular weight is 1140 g/mol. The molecule has 0 aromatic carbocycles. The lowest BCUT2D eigenvalue weighted by atomic mass is 10.0. The minimum Gasteiger partial charge on any atom is -0.466 e. The van der Waals surface area contributed by atoms with Gasteiger partial charge in [-0.05, 0) is 32.1 Å². The third-order valence-electron chi connectivity index (χ3n) is 17.8. The number of amides is 1. The second-order valence-corrected chi connectivity index (χ2v) is 26.0. The lowest BCUT2D eigenvalue weighted by molar-refractivity contribution is -0.143. The van der Waals surface area contributed by atoms with E-state index in [4.69, 9.17) is 4.74 Å². The van der Waals surface area contributed by atoms with Crippen molar-refractivity contribution in [2.24, 2.45) is 0 Å². The van der Waals surface area contributed by atoms with E-state index in [0.29, 0.717) is 19.4 Å². The van der Waals surface area contributed by atoms with Gasteiger partial charge in [0.1, 0.15) is 0 Å². The van der Waals surface area contributed by atoms with Crippen LogP contribution in [0.5, 0.6) is 0 Å². The highest BCUT2D eigenvalue weighted by Gasteiger charge is 2.18. The van der Waals surface area contributed by atoms with Gasteiger partial charge in [-0.2, -0.15) is 0 Å². The van der Waals surface area contributed by atoms with Crippen LogP contribution in [0.25, 0.3) is 0 Å². The molecule has 0 aliphatic heterocycles. The summed E-state index contributed by atoms with van der Waals surface area (Å²) in [5, 5.41) is 23.2. The summed E-state index contributed by atoms with van der Waals surface area (Å²) in [4.78, 5) is 24.6. The van der Waals surface area contributed by atoms with Crippen molar-refractivity contribution < 1.29 is 24.5 Å². The molecule has 3 N–H and O–H groups in total. The number of carbonyl (C=O) groups excluding carboxylic acids is 2. The van der Waals surface area contributed by atoms with Gasteiger partial charge in [0.05, 0.1) is 25.4 Å². The molecule has 6 heteroatoms. The predicted molar refractivity (Wildman–Crippen MR) is 357 cm³/mol. The summed E-state index contributed by atoms with van der Waals surface area (Å²) >= 11 is 0. The molecule has 0 aliphatic carbocycles. The first-order valence-electron chi connectivity index (χ1n) is 37.5. The minimum atomic E-state index is -0.841. The van der Waals surface area contributed by atoms with Gasteiger partial charge in [0.15, 0.2) is 0 Å². The maximum absolute atomic E-state index is 12.5. The highest BCUT2D eigenvalue weighted by atomic mass is 16.5. The van der Waals surface area contributed by atoms with Crippen molar-refractivity contribution in [3.63, 3.8) is 0 Å².